The first kappa shape index (κ1) is 15.9. The summed E-state index contributed by atoms with van der Waals surface area (Å²) in [7, 11) is -3.07. The summed E-state index contributed by atoms with van der Waals surface area (Å²) in [6.07, 6.45) is 0.960. The minimum Gasteiger partial charge on any atom is -0.316 e. The van der Waals surface area contributed by atoms with E-state index < -0.39 is 10.0 Å². The van der Waals surface area contributed by atoms with Gasteiger partial charge in [-0.25, -0.2) is 12.7 Å². The van der Waals surface area contributed by atoms with Crippen LogP contribution >= 0.6 is 0 Å². The molecule has 5 nitrogen and oxygen atoms in total. The Morgan fingerprint density at radius 3 is 2.50 bits per heavy atom. The van der Waals surface area contributed by atoms with Crippen LogP contribution in [-0.4, -0.2) is 68.7 Å². The van der Waals surface area contributed by atoms with E-state index >= 15 is 0 Å². The van der Waals surface area contributed by atoms with Crippen LogP contribution in [-0.2, 0) is 10.0 Å². The quantitative estimate of drug-likeness (QED) is 0.650. The molecule has 0 aromatic rings. The number of rotatable bonds is 8. The van der Waals surface area contributed by atoms with Crippen molar-refractivity contribution in [3.05, 3.63) is 0 Å². The van der Waals surface area contributed by atoms with Gasteiger partial charge in [0.05, 0.1) is 5.75 Å². The molecule has 0 aromatic carbocycles. The largest absolute Gasteiger partial charge is 0.316 e. The fourth-order valence-corrected chi connectivity index (χ4v) is 3.95. The van der Waals surface area contributed by atoms with Gasteiger partial charge in [0.1, 0.15) is 0 Å². The van der Waals surface area contributed by atoms with E-state index in [-0.39, 0.29) is 5.75 Å². The predicted octanol–water partition coefficient (Wildman–Crippen LogP) is 0.342. The number of hydrogen-bond acceptors (Lipinski definition) is 4. The molecule has 1 fully saturated rings. The molecular formula is C12H27N3O2S. The Labute approximate surface area is 112 Å². The van der Waals surface area contributed by atoms with Crippen LogP contribution in [0.3, 0.4) is 0 Å². The van der Waals surface area contributed by atoms with E-state index in [0.29, 0.717) is 25.7 Å². The van der Waals surface area contributed by atoms with Crippen molar-refractivity contribution in [2.24, 2.45) is 0 Å². The highest BCUT2D eigenvalue weighted by atomic mass is 32.2. The molecule has 1 atom stereocenters. The van der Waals surface area contributed by atoms with Gasteiger partial charge in [0.25, 0.3) is 0 Å². The molecule has 1 N–H and O–H groups in total. The lowest BCUT2D eigenvalue weighted by atomic mass is 10.2. The summed E-state index contributed by atoms with van der Waals surface area (Å²) in [6, 6.07) is 0.397. The van der Waals surface area contributed by atoms with Crippen molar-refractivity contribution < 1.29 is 8.42 Å². The van der Waals surface area contributed by atoms with E-state index in [1.807, 2.05) is 6.92 Å². The van der Waals surface area contributed by atoms with Crippen molar-refractivity contribution in [2.75, 3.05) is 45.0 Å². The van der Waals surface area contributed by atoms with E-state index in [9.17, 15) is 8.42 Å². The number of sulfonamides is 1. The van der Waals surface area contributed by atoms with Crippen LogP contribution in [0.25, 0.3) is 0 Å². The molecular weight excluding hydrogens is 250 g/mol. The third kappa shape index (κ3) is 4.19. The Morgan fingerprint density at radius 1 is 1.28 bits per heavy atom. The van der Waals surface area contributed by atoms with Crippen LogP contribution in [0.2, 0.25) is 0 Å². The van der Waals surface area contributed by atoms with Gasteiger partial charge in [-0.2, -0.15) is 0 Å². The van der Waals surface area contributed by atoms with Gasteiger partial charge >= 0.3 is 0 Å². The van der Waals surface area contributed by atoms with Crippen LogP contribution in [0.1, 0.15) is 27.2 Å². The van der Waals surface area contributed by atoms with E-state index in [0.717, 1.165) is 26.1 Å². The van der Waals surface area contributed by atoms with Crippen molar-refractivity contribution in [1.29, 1.82) is 0 Å². The van der Waals surface area contributed by atoms with Crippen molar-refractivity contribution in [2.45, 2.75) is 33.2 Å². The highest BCUT2D eigenvalue weighted by molar-refractivity contribution is 7.89. The van der Waals surface area contributed by atoms with Crippen molar-refractivity contribution in [3.8, 4) is 0 Å². The maximum absolute atomic E-state index is 12.1. The summed E-state index contributed by atoms with van der Waals surface area (Å²) < 4.78 is 25.9. The lowest BCUT2D eigenvalue weighted by molar-refractivity contribution is 0.224. The Hall–Kier alpha value is -0.170. The zero-order valence-electron chi connectivity index (χ0n) is 11.9. The number of likely N-dealkylation sites (N-methyl/N-ethyl adjacent to an activating group) is 1. The smallest absolute Gasteiger partial charge is 0.215 e. The van der Waals surface area contributed by atoms with E-state index in [1.165, 1.54) is 0 Å². The minimum atomic E-state index is -3.07. The molecule has 0 aromatic heterocycles. The molecule has 0 amide bonds. The molecule has 1 unspecified atom stereocenters. The second-order valence-corrected chi connectivity index (χ2v) is 6.78. The van der Waals surface area contributed by atoms with Crippen molar-refractivity contribution in [3.63, 3.8) is 0 Å². The summed E-state index contributed by atoms with van der Waals surface area (Å²) in [5.74, 6) is 0.214. The van der Waals surface area contributed by atoms with Gasteiger partial charge in [0, 0.05) is 25.7 Å². The fourth-order valence-electron chi connectivity index (χ4n) is 2.51. The molecule has 0 bridgehead atoms. The molecule has 1 heterocycles. The zero-order chi connectivity index (χ0) is 13.6. The third-order valence-corrected chi connectivity index (χ3v) is 5.47. The van der Waals surface area contributed by atoms with Crippen molar-refractivity contribution in [1.82, 2.24) is 14.5 Å². The normalized spacial score (nSPS) is 21.9. The third-order valence-electron chi connectivity index (χ3n) is 3.64. The lowest BCUT2D eigenvalue weighted by Gasteiger charge is -2.26. The van der Waals surface area contributed by atoms with Crippen LogP contribution in [0.5, 0.6) is 0 Å². The number of nitrogens with zero attached hydrogens (tertiary/aromatic N) is 2. The highest BCUT2D eigenvalue weighted by Crippen LogP contribution is 2.18. The first-order valence-corrected chi connectivity index (χ1v) is 8.58. The molecule has 0 aliphatic carbocycles. The highest BCUT2D eigenvalue weighted by Gasteiger charge is 2.32. The molecule has 0 radical (unpaired) electrons. The van der Waals surface area contributed by atoms with Gasteiger partial charge in [0.15, 0.2) is 0 Å². The van der Waals surface area contributed by atoms with Crippen LogP contribution in [0.15, 0.2) is 0 Å². The SMILES string of the molecule is CCNCCS(=O)(=O)N1CCC(N(CC)CC)C1. The Bertz CT molecular complexity index is 328. The Balaban J connectivity index is 2.49. The fraction of sp³-hybridized carbons (Fsp3) is 1.00. The van der Waals surface area contributed by atoms with Crippen molar-refractivity contribution >= 4 is 10.0 Å². The van der Waals surface area contributed by atoms with Gasteiger partial charge in [0.2, 0.25) is 10.0 Å². The van der Waals surface area contributed by atoms with E-state index in [4.69, 9.17) is 0 Å². The first-order chi connectivity index (χ1) is 8.55. The molecule has 1 rings (SSSR count). The summed E-state index contributed by atoms with van der Waals surface area (Å²) in [5, 5.41) is 3.07. The lowest BCUT2D eigenvalue weighted by Crippen LogP contribution is -2.40. The zero-order valence-corrected chi connectivity index (χ0v) is 12.7. The molecule has 108 valence electrons. The minimum absolute atomic E-state index is 0.214. The van der Waals surface area contributed by atoms with E-state index in [2.05, 4.69) is 24.1 Å². The first-order valence-electron chi connectivity index (χ1n) is 6.97. The monoisotopic (exact) mass is 277 g/mol. The summed E-state index contributed by atoms with van der Waals surface area (Å²) >= 11 is 0. The summed E-state index contributed by atoms with van der Waals surface area (Å²) in [5.41, 5.74) is 0. The topological polar surface area (TPSA) is 52.7 Å². The van der Waals surface area contributed by atoms with Gasteiger partial charge in [-0.05, 0) is 26.1 Å². The summed E-state index contributed by atoms with van der Waals surface area (Å²) in [6.45, 7) is 10.9. The molecule has 1 aliphatic rings. The molecule has 6 heteroatoms. The van der Waals surface area contributed by atoms with Gasteiger partial charge in [-0.3, -0.25) is 4.90 Å². The predicted molar refractivity (Wildman–Crippen MR) is 75.2 cm³/mol. The summed E-state index contributed by atoms with van der Waals surface area (Å²) in [4.78, 5) is 2.35. The van der Waals surface area contributed by atoms with Gasteiger partial charge in [-0.1, -0.05) is 20.8 Å². The maximum Gasteiger partial charge on any atom is 0.215 e. The average molecular weight is 277 g/mol. The molecule has 0 spiro atoms. The number of nitrogens with one attached hydrogen (secondary N) is 1. The molecule has 1 aliphatic heterocycles. The van der Waals surface area contributed by atoms with Gasteiger partial charge in [-0.15, -0.1) is 0 Å². The van der Waals surface area contributed by atoms with Crippen LogP contribution in [0.4, 0.5) is 0 Å². The van der Waals surface area contributed by atoms with Crippen LogP contribution in [0, 0.1) is 0 Å². The molecule has 1 saturated heterocycles. The van der Waals surface area contributed by atoms with E-state index in [1.54, 1.807) is 4.31 Å². The maximum atomic E-state index is 12.1. The standard InChI is InChI=1S/C12H27N3O2S/c1-4-13-8-10-18(16,17)15-9-7-12(11-15)14(5-2)6-3/h12-13H,4-11H2,1-3H3. The number of hydrogen-bond donors (Lipinski definition) is 1. The second kappa shape index (κ2) is 7.43. The van der Waals surface area contributed by atoms with Crippen LogP contribution < -0.4 is 5.32 Å². The molecule has 0 saturated carbocycles. The average Bonchev–Trinajstić information content (AvgIpc) is 2.81. The Morgan fingerprint density at radius 2 is 1.94 bits per heavy atom. The Kier molecular flexibility index (Phi) is 6.55. The second-order valence-electron chi connectivity index (χ2n) is 4.69. The van der Waals surface area contributed by atoms with Gasteiger partial charge < -0.3 is 5.32 Å². The molecule has 18 heavy (non-hydrogen) atoms.